The molecule has 1 aliphatic rings. The molecular weight excluding hydrogens is 377 g/mol. The molecule has 3 aromatic rings. The van der Waals surface area contributed by atoms with E-state index in [1.54, 1.807) is 6.07 Å². The minimum Gasteiger partial charge on any atom is -0.487 e. The average Bonchev–Trinajstić information content (AvgIpc) is 2.71. The standard InChI is InChI=1S/C23H23F3N2O/c1-16-5-4-12-28(14-16)21-11-10-18-7-3-9-20(22(18)27-21)29-15-17-6-2-8-19(13-17)23(24,25)26/h2-3,6-11,13,16H,4-5,12,14-15H2,1H3. The molecule has 0 radical (unpaired) electrons. The van der Waals surface area contributed by atoms with Crippen LogP contribution in [0.2, 0.25) is 0 Å². The lowest BCUT2D eigenvalue weighted by molar-refractivity contribution is -0.137. The number of piperidine rings is 1. The maximum Gasteiger partial charge on any atom is 0.416 e. The van der Waals surface area contributed by atoms with Crippen molar-refractivity contribution in [3.8, 4) is 5.75 Å². The van der Waals surface area contributed by atoms with Crippen LogP contribution in [-0.2, 0) is 12.8 Å². The fourth-order valence-electron chi connectivity index (χ4n) is 3.80. The van der Waals surface area contributed by atoms with E-state index in [1.165, 1.54) is 12.5 Å². The Morgan fingerprint density at radius 1 is 1.10 bits per heavy atom. The van der Waals surface area contributed by atoms with Gasteiger partial charge in [0.25, 0.3) is 0 Å². The van der Waals surface area contributed by atoms with Gasteiger partial charge < -0.3 is 9.64 Å². The normalized spacial score (nSPS) is 17.5. The summed E-state index contributed by atoms with van der Waals surface area (Å²) in [6.45, 7) is 4.26. The number of hydrogen-bond donors (Lipinski definition) is 0. The lowest BCUT2D eigenvalue weighted by atomic mass is 10.0. The summed E-state index contributed by atoms with van der Waals surface area (Å²) in [6, 6.07) is 14.9. The summed E-state index contributed by atoms with van der Waals surface area (Å²) >= 11 is 0. The van der Waals surface area contributed by atoms with Crippen LogP contribution in [0.3, 0.4) is 0 Å². The maximum atomic E-state index is 12.9. The number of hydrogen-bond acceptors (Lipinski definition) is 3. The van der Waals surface area contributed by atoms with Gasteiger partial charge in [0.15, 0.2) is 0 Å². The Hall–Kier alpha value is -2.76. The number of rotatable bonds is 4. The molecule has 1 aliphatic heterocycles. The monoisotopic (exact) mass is 400 g/mol. The van der Waals surface area contributed by atoms with Crippen molar-refractivity contribution in [1.29, 1.82) is 0 Å². The largest absolute Gasteiger partial charge is 0.487 e. The Balaban J connectivity index is 1.58. The first-order chi connectivity index (χ1) is 13.9. The van der Waals surface area contributed by atoms with Crippen LogP contribution < -0.4 is 9.64 Å². The van der Waals surface area contributed by atoms with E-state index in [9.17, 15) is 13.2 Å². The molecule has 0 N–H and O–H groups in total. The Labute approximate surface area is 168 Å². The van der Waals surface area contributed by atoms with Crippen molar-refractivity contribution in [1.82, 2.24) is 4.98 Å². The quantitative estimate of drug-likeness (QED) is 0.532. The molecule has 2 aromatic carbocycles. The van der Waals surface area contributed by atoms with Crippen LogP contribution in [0.5, 0.6) is 5.75 Å². The van der Waals surface area contributed by atoms with Crippen molar-refractivity contribution in [2.24, 2.45) is 5.92 Å². The van der Waals surface area contributed by atoms with E-state index in [1.807, 2.05) is 30.3 Å². The molecule has 0 bridgehead atoms. The lowest BCUT2D eigenvalue weighted by Crippen LogP contribution is -2.34. The second kappa shape index (κ2) is 7.93. The molecule has 1 atom stereocenters. The van der Waals surface area contributed by atoms with Gasteiger partial charge in [-0.05, 0) is 54.7 Å². The van der Waals surface area contributed by atoms with Crippen molar-refractivity contribution in [3.63, 3.8) is 0 Å². The summed E-state index contributed by atoms with van der Waals surface area (Å²) in [5, 5.41) is 0.945. The topological polar surface area (TPSA) is 25.4 Å². The second-order valence-corrected chi connectivity index (χ2v) is 7.68. The smallest absolute Gasteiger partial charge is 0.416 e. The fraction of sp³-hybridized carbons (Fsp3) is 0.348. The highest BCUT2D eigenvalue weighted by molar-refractivity contribution is 5.86. The van der Waals surface area contributed by atoms with Gasteiger partial charge in [0.2, 0.25) is 0 Å². The highest BCUT2D eigenvalue weighted by Crippen LogP contribution is 2.31. The fourth-order valence-corrected chi connectivity index (χ4v) is 3.80. The molecule has 1 fully saturated rings. The van der Waals surface area contributed by atoms with Gasteiger partial charge in [0.1, 0.15) is 23.7 Å². The average molecular weight is 400 g/mol. The molecule has 152 valence electrons. The highest BCUT2D eigenvalue weighted by Gasteiger charge is 2.30. The molecule has 2 heterocycles. The maximum absolute atomic E-state index is 12.9. The summed E-state index contributed by atoms with van der Waals surface area (Å²) in [5.41, 5.74) is 0.532. The molecule has 1 unspecified atom stereocenters. The molecule has 0 saturated carbocycles. The van der Waals surface area contributed by atoms with Gasteiger partial charge in [-0.25, -0.2) is 4.98 Å². The van der Waals surface area contributed by atoms with Gasteiger partial charge in [0.05, 0.1) is 5.56 Å². The van der Waals surface area contributed by atoms with Gasteiger partial charge in [-0.3, -0.25) is 0 Å². The lowest BCUT2D eigenvalue weighted by Gasteiger charge is -2.32. The predicted molar refractivity (Wildman–Crippen MR) is 108 cm³/mol. The molecule has 1 saturated heterocycles. The van der Waals surface area contributed by atoms with E-state index in [2.05, 4.69) is 11.8 Å². The Kier molecular flexibility index (Phi) is 5.35. The third kappa shape index (κ3) is 4.47. The van der Waals surface area contributed by atoms with Crippen molar-refractivity contribution >= 4 is 16.7 Å². The van der Waals surface area contributed by atoms with E-state index < -0.39 is 11.7 Å². The number of halogens is 3. The van der Waals surface area contributed by atoms with Crippen molar-refractivity contribution in [2.45, 2.75) is 32.5 Å². The number of anilines is 1. The first-order valence-corrected chi connectivity index (χ1v) is 9.84. The molecule has 3 nitrogen and oxygen atoms in total. The number of alkyl halides is 3. The summed E-state index contributed by atoms with van der Waals surface area (Å²) < 4.78 is 44.7. The van der Waals surface area contributed by atoms with Crippen LogP contribution in [0.4, 0.5) is 19.0 Å². The van der Waals surface area contributed by atoms with Crippen molar-refractivity contribution < 1.29 is 17.9 Å². The molecular formula is C23H23F3N2O. The Bertz CT molecular complexity index is 1000. The summed E-state index contributed by atoms with van der Waals surface area (Å²) in [7, 11) is 0. The number of aromatic nitrogens is 1. The zero-order valence-electron chi connectivity index (χ0n) is 16.2. The minimum absolute atomic E-state index is 0.0513. The molecule has 0 spiro atoms. The highest BCUT2D eigenvalue weighted by atomic mass is 19.4. The Morgan fingerprint density at radius 2 is 1.93 bits per heavy atom. The summed E-state index contributed by atoms with van der Waals surface area (Å²) in [6.07, 6.45) is -1.98. The SMILES string of the molecule is CC1CCCN(c2ccc3cccc(OCc4cccc(C(F)(F)F)c4)c3n2)C1. The zero-order chi connectivity index (χ0) is 20.4. The molecule has 4 rings (SSSR count). The third-order valence-electron chi connectivity index (χ3n) is 5.30. The van der Waals surface area contributed by atoms with Crippen LogP contribution in [0.15, 0.2) is 54.6 Å². The molecule has 6 heteroatoms. The van der Waals surface area contributed by atoms with Crippen LogP contribution in [0.25, 0.3) is 10.9 Å². The predicted octanol–water partition coefficient (Wildman–Crippen LogP) is 6.07. The van der Waals surface area contributed by atoms with E-state index in [4.69, 9.17) is 9.72 Å². The van der Waals surface area contributed by atoms with E-state index in [0.29, 0.717) is 17.2 Å². The van der Waals surface area contributed by atoms with Gasteiger partial charge in [0, 0.05) is 18.5 Å². The number of nitrogens with zero attached hydrogens (tertiary/aromatic N) is 2. The number of para-hydroxylation sites is 1. The molecule has 1 aromatic heterocycles. The van der Waals surface area contributed by atoms with E-state index >= 15 is 0 Å². The van der Waals surface area contributed by atoms with Gasteiger partial charge in [-0.2, -0.15) is 13.2 Å². The first kappa shape index (κ1) is 19.6. The van der Waals surface area contributed by atoms with Gasteiger partial charge in [-0.1, -0.05) is 31.2 Å². The third-order valence-corrected chi connectivity index (χ3v) is 5.30. The first-order valence-electron chi connectivity index (χ1n) is 9.84. The van der Waals surface area contributed by atoms with Gasteiger partial charge >= 0.3 is 6.18 Å². The molecule has 0 amide bonds. The number of benzene rings is 2. The number of ether oxygens (including phenoxy) is 1. The van der Waals surface area contributed by atoms with Crippen LogP contribution in [-0.4, -0.2) is 18.1 Å². The van der Waals surface area contributed by atoms with Crippen molar-refractivity contribution in [3.05, 3.63) is 65.7 Å². The number of pyridine rings is 1. The molecule has 29 heavy (non-hydrogen) atoms. The second-order valence-electron chi connectivity index (χ2n) is 7.68. The van der Waals surface area contributed by atoms with Gasteiger partial charge in [-0.15, -0.1) is 0 Å². The van der Waals surface area contributed by atoms with E-state index in [-0.39, 0.29) is 6.61 Å². The van der Waals surface area contributed by atoms with Crippen LogP contribution in [0, 0.1) is 5.92 Å². The zero-order valence-corrected chi connectivity index (χ0v) is 16.2. The van der Waals surface area contributed by atoms with E-state index in [0.717, 1.165) is 48.4 Å². The molecule has 0 aliphatic carbocycles. The van der Waals surface area contributed by atoms with Crippen LogP contribution >= 0.6 is 0 Å². The number of fused-ring (bicyclic) bond motifs is 1. The summed E-state index contributed by atoms with van der Waals surface area (Å²) in [5.74, 6) is 2.12. The minimum atomic E-state index is -4.36. The van der Waals surface area contributed by atoms with Crippen LogP contribution in [0.1, 0.15) is 30.9 Å². The van der Waals surface area contributed by atoms with Crippen molar-refractivity contribution in [2.75, 3.05) is 18.0 Å². The Morgan fingerprint density at radius 3 is 2.72 bits per heavy atom. The summed E-state index contributed by atoms with van der Waals surface area (Å²) in [4.78, 5) is 7.11.